The number of nitrogens with one attached hydrogen (secondary N) is 2. The predicted molar refractivity (Wildman–Crippen MR) is 94.4 cm³/mol. The third-order valence-corrected chi connectivity index (χ3v) is 4.41. The molecule has 6 heteroatoms. The molecule has 0 saturated heterocycles. The van der Waals surface area contributed by atoms with E-state index in [1.807, 2.05) is 19.1 Å². The molecule has 2 aromatic rings. The van der Waals surface area contributed by atoms with Crippen LogP contribution >= 0.6 is 11.8 Å². The summed E-state index contributed by atoms with van der Waals surface area (Å²) in [7, 11) is 0. The summed E-state index contributed by atoms with van der Waals surface area (Å²) in [6.45, 7) is 6.27. The minimum atomic E-state index is 0.0228. The van der Waals surface area contributed by atoms with E-state index < -0.39 is 0 Å². The van der Waals surface area contributed by atoms with Crippen LogP contribution in [-0.4, -0.2) is 32.9 Å². The van der Waals surface area contributed by atoms with Crippen molar-refractivity contribution >= 4 is 17.7 Å². The largest absolute Gasteiger partial charge is 0.353 e. The fourth-order valence-electron chi connectivity index (χ4n) is 2.29. The zero-order chi connectivity index (χ0) is 16.7. The molecule has 1 heterocycles. The molecule has 0 aliphatic rings. The molecule has 0 spiro atoms. The second kappa shape index (κ2) is 8.72. The highest BCUT2D eigenvalue weighted by molar-refractivity contribution is 7.99. The van der Waals surface area contributed by atoms with Crippen molar-refractivity contribution in [2.75, 3.05) is 5.75 Å². The van der Waals surface area contributed by atoms with Gasteiger partial charge in [-0.25, -0.2) is 4.98 Å². The van der Waals surface area contributed by atoms with Crippen LogP contribution < -0.4 is 5.32 Å². The maximum absolute atomic E-state index is 11.9. The fraction of sp³-hybridized carbons (Fsp3) is 0.471. The first-order chi connectivity index (χ1) is 11.1. The lowest BCUT2D eigenvalue weighted by atomic mass is 10.1. The van der Waals surface area contributed by atoms with E-state index in [4.69, 9.17) is 0 Å². The smallest absolute Gasteiger partial charge is 0.230 e. The fourth-order valence-corrected chi connectivity index (χ4v) is 2.90. The average molecular weight is 332 g/mol. The number of carbonyl (C=O) groups excluding carboxylic acids is 1. The number of benzene rings is 1. The van der Waals surface area contributed by atoms with Gasteiger partial charge in [0.1, 0.15) is 0 Å². The highest BCUT2D eigenvalue weighted by atomic mass is 32.2. The normalized spacial score (nSPS) is 12.1. The molecule has 0 bridgehead atoms. The molecule has 5 nitrogen and oxygen atoms in total. The van der Waals surface area contributed by atoms with Crippen LogP contribution in [0.4, 0.5) is 0 Å². The number of nitrogens with zero attached hydrogens (tertiary/aromatic N) is 2. The maximum atomic E-state index is 11.9. The van der Waals surface area contributed by atoms with Gasteiger partial charge in [-0.15, -0.1) is 5.10 Å². The lowest BCUT2D eigenvalue weighted by Gasteiger charge is -2.11. The van der Waals surface area contributed by atoms with E-state index in [0.717, 1.165) is 30.7 Å². The number of thioether (sulfide) groups is 1. The summed E-state index contributed by atoms with van der Waals surface area (Å²) in [4.78, 5) is 16.3. The molecule has 1 aromatic carbocycles. The SMILES string of the molecule is CCCC(C)NC(=O)CSc1n[nH]c(-c2ccc(CC)cc2)n1. The van der Waals surface area contributed by atoms with Gasteiger partial charge in [-0.05, 0) is 25.3 Å². The van der Waals surface area contributed by atoms with Crippen LogP contribution in [-0.2, 0) is 11.2 Å². The molecule has 1 amide bonds. The van der Waals surface area contributed by atoms with Gasteiger partial charge in [-0.3, -0.25) is 9.89 Å². The van der Waals surface area contributed by atoms with Crippen LogP contribution in [0, 0.1) is 0 Å². The van der Waals surface area contributed by atoms with Crippen LogP contribution in [0.15, 0.2) is 29.4 Å². The first kappa shape index (κ1) is 17.5. The van der Waals surface area contributed by atoms with Crippen LogP contribution in [0.25, 0.3) is 11.4 Å². The summed E-state index contributed by atoms with van der Waals surface area (Å²) in [6.07, 6.45) is 3.08. The van der Waals surface area contributed by atoms with Gasteiger partial charge in [-0.1, -0.05) is 56.3 Å². The van der Waals surface area contributed by atoms with E-state index in [1.54, 1.807) is 0 Å². The number of amides is 1. The van der Waals surface area contributed by atoms with Gasteiger partial charge in [0, 0.05) is 11.6 Å². The van der Waals surface area contributed by atoms with Crippen molar-refractivity contribution in [3.05, 3.63) is 29.8 Å². The van der Waals surface area contributed by atoms with Crippen molar-refractivity contribution < 1.29 is 4.79 Å². The molecule has 23 heavy (non-hydrogen) atoms. The summed E-state index contributed by atoms with van der Waals surface area (Å²) in [6, 6.07) is 8.47. The molecule has 2 rings (SSSR count). The summed E-state index contributed by atoms with van der Waals surface area (Å²) < 4.78 is 0. The number of H-pyrrole nitrogens is 1. The highest BCUT2D eigenvalue weighted by Gasteiger charge is 2.10. The van der Waals surface area contributed by atoms with Gasteiger partial charge in [0.15, 0.2) is 5.82 Å². The van der Waals surface area contributed by atoms with Crippen LogP contribution in [0.1, 0.15) is 39.2 Å². The standard InChI is InChI=1S/C17H24N4OS/c1-4-6-12(3)18-15(22)11-23-17-19-16(20-21-17)14-9-7-13(5-2)8-10-14/h7-10,12H,4-6,11H2,1-3H3,(H,18,22)(H,19,20,21). The van der Waals surface area contributed by atoms with Crippen molar-refractivity contribution in [1.82, 2.24) is 20.5 Å². The monoisotopic (exact) mass is 332 g/mol. The van der Waals surface area contributed by atoms with Crippen LogP contribution in [0.5, 0.6) is 0 Å². The Morgan fingerprint density at radius 3 is 2.70 bits per heavy atom. The summed E-state index contributed by atoms with van der Waals surface area (Å²) in [5.41, 5.74) is 2.29. The van der Waals surface area contributed by atoms with E-state index in [2.05, 4.69) is 46.5 Å². The lowest BCUT2D eigenvalue weighted by Crippen LogP contribution is -2.33. The quantitative estimate of drug-likeness (QED) is 0.727. The Morgan fingerprint density at radius 1 is 1.30 bits per heavy atom. The Kier molecular flexibility index (Phi) is 6.65. The number of carbonyl (C=O) groups is 1. The molecule has 0 aliphatic heterocycles. The van der Waals surface area contributed by atoms with Crippen molar-refractivity contribution in [2.24, 2.45) is 0 Å². The zero-order valence-electron chi connectivity index (χ0n) is 13.9. The van der Waals surface area contributed by atoms with Gasteiger partial charge in [0.25, 0.3) is 0 Å². The van der Waals surface area contributed by atoms with Crippen molar-refractivity contribution in [2.45, 2.75) is 51.2 Å². The maximum Gasteiger partial charge on any atom is 0.230 e. The Hall–Kier alpha value is -1.82. The molecule has 1 aromatic heterocycles. The van der Waals surface area contributed by atoms with Crippen LogP contribution in [0.3, 0.4) is 0 Å². The average Bonchev–Trinajstić information content (AvgIpc) is 3.02. The molecule has 124 valence electrons. The van der Waals surface area contributed by atoms with Crippen LogP contribution in [0.2, 0.25) is 0 Å². The van der Waals surface area contributed by atoms with E-state index in [0.29, 0.717) is 10.9 Å². The molecule has 0 fully saturated rings. The first-order valence-corrected chi connectivity index (χ1v) is 9.04. The van der Waals surface area contributed by atoms with E-state index in [1.165, 1.54) is 17.3 Å². The Bertz CT molecular complexity index is 624. The topological polar surface area (TPSA) is 70.7 Å². The first-order valence-electron chi connectivity index (χ1n) is 8.06. The van der Waals surface area contributed by atoms with Gasteiger partial charge in [0.05, 0.1) is 5.75 Å². The second-order valence-corrected chi connectivity index (χ2v) is 6.51. The molecular weight excluding hydrogens is 308 g/mol. The predicted octanol–water partition coefficient (Wildman–Crippen LogP) is 3.43. The van der Waals surface area contributed by atoms with E-state index in [-0.39, 0.29) is 11.9 Å². The minimum absolute atomic E-state index is 0.0228. The number of hydrogen-bond acceptors (Lipinski definition) is 4. The van der Waals surface area contributed by atoms with Gasteiger partial charge in [0.2, 0.25) is 11.1 Å². The number of aryl methyl sites for hydroxylation is 1. The summed E-state index contributed by atoms with van der Waals surface area (Å²) in [5.74, 6) is 1.09. The molecule has 0 saturated carbocycles. The third-order valence-electron chi connectivity index (χ3n) is 3.56. The number of hydrogen-bond donors (Lipinski definition) is 2. The van der Waals surface area contributed by atoms with Gasteiger partial charge in [-0.2, -0.15) is 0 Å². The van der Waals surface area contributed by atoms with Crippen molar-refractivity contribution in [3.8, 4) is 11.4 Å². The molecule has 1 atom stereocenters. The zero-order valence-corrected chi connectivity index (χ0v) is 14.7. The number of rotatable bonds is 8. The Labute approximate surface area is 141 Å². The van der Waals surface area contributed by atoms with Gasteiger partial charge < -0.3 is 5.32 Å². The second-order valence-electron chi connectivity index (χ2n) is 5.56. The van der Waals surface area contributed by atoms with E-state index in [9.17, 15) is 4.79 Å². The van der Waals surface area contributed by atoms with Crippen molar-refractivity contribution in [3.63, 3.8) is 0 Å². The Balaban J connectivity index is 1.88. The lowest BCUT2D eigenvalue weighted by molar-refractivity contribution is -0.119. The summed E-state index contributed by atoms with van der Waals surface area (Å²) in [5, 5.41) is 10.7. The highest BCUT2D eigenvalue weighted by Crippen LogP contribution is 2.19. The van der Waals surface area contributed by atoms with Crippen molar-refractivity contribution in [1.29, 1.82) is 0 Å². The van der Waals surface area contributed by atoms with E-state index >= 15 is 0 Å². The minimum Gasteiger partial charge on any atom is -0.353 e. The third kappa shape index (κ3) is 5.39. The molecule has 1 unspecified atom stereocenters. The number of aromatic amines is 1. The molecular formula is C17H24N4OS. The molecule has 0 aliphatic carbocycles. The Morgan fingerprint density at radius 2 is 2.04 bits per heavy atom. The summed E-state index contributed by atoms with van der Waals surface area (Å²) >= 11 is 1.35. The van der Waals surface area contributed by atoms with Gasteiger partial charge >= 0.3 is 0 Å². The number of aromatic nitrogens is 3. The molecule has 2 N–H and O–H groups in total. The molecule has 0 radical (unpaired) electrons.